The van der Waals surface area contributed by atoms with Gasteiger partial charge in [0.2, 0.25) is 10.0 Å². The Bertz CT molecular complexity index is 637. The molecule has 22 heavy (non-hydrogen) atoms. The molecule has 1 unspecified atom stereocenters. The van der Waals surface area contributed by atoms with Gasteiger partial charge in [-0.2, -0.15) is 0 Å². The molecule has 0 spiro atoms. The lowest BCUT2D eigenvalue weighted by atomic mass is 10.2. The maximum Gasteiger partial charge on any atom is 0.243 e. The van der Waals surface area contributed by atoms with E-state index in [0.717, 1.165) is 12.6 Å². The van der Waals surface area contributed by atoms with Gasteiger partial charge in [0.15, 0.2) is 0 Å². The Morgan fingerprint density at radius 1 is 1.36 bits per heavy atom. The van der Waals surface area contributed by atoms with E-state index in [-0.39, 0.29) is 18.2 Å². The van der Waals surface area contributed by atoms with Gasteiger partial charge < -0.3 is 4.74 Å². The van der Waals surface area contributed by atoms with Gasteiger partial charge in [-0.05, 0) is 25.5 Å². The topological polar surface area (TPSA) is 58.6 Å². The normalized spacial score (nSPS) is 20.3. The number of nitrogens with one attached hydrogen (secondary N) is 1. The van der Waals surface area contributed by atoms with E-state index in [9.17, 15) is 17.2 Å². The molecule has 0 radical (unpaired) electrons. The molecule has 0 aliphatic carbocycles. The number of hydrogen-bond donors (Lipinski definition) is 1. The predicted octanol–water partition coefficient (Wildman–Crippen LogP) is 1.27. The molecular formula is C14H20F2N2O3S. The fourth-order valence-corrected chi connectivity index (χ4v) is 3.49. The molecule has 8 heteroatoms. The van der Waals surface area contributed by atoms with Crippen LogP contribution in [0.25, 0.3) is 0 Å². The van der Waals surface area contributed by atoms with E-state index in [0.29, 0.717) is 25.8 Å². The standard InChI is InChI=1S/C14H20F2N2O3S/c1-10-7-14(13(16)8-12(10)15)22(19,20)17-3-4-18-5-6-21-9-11(18)2/h7-8,11,17H,3-6,9H2,1-2H3. The van der Waals surface area contributed by atoms with Gasteiger partial charge in [-0.25, -0.2) is 21.9 Å². The number of morpholine rings is 1. The third-order valence-electron chi connectivity index (χ3n) is 3.70. The van der Waals surface area contributed by atoms with Crippen molar-refractivity contribution in [3.05, 3.63) is 29.3 Å². The van der Waals surface area contributed by atoms with Gasteiger partial charge in [-0.3, -0.25) is 4.90 Å². The van der Waals surface area contributed by atoms with Crippen molar-refractivity contribution in [2.45, 2.75) is 24.8 Å². The molecular weight excluding hydrogens is 314 g/mol. The second kappa shape index (κ2) is 6.99. The van der Waals surface area contributed by atoms with Gasteiger partial charge in [-0.1, -0.05) is 0 Å². The van der Waals surface area contributed by atoms with Gasteiger partial charge in [-0.15, -0.1) is 0 Å². The largest absolute Gasteiger partial charge is 0.379 e. The average molecular weight is 334 g/mol. The minimum Gasteiger partial charge on any atom is -0.379 e. The zero-order valence-electron chi connectivity index (χ0n) is 12.6. The Labute approximate surface area is 129 Å². The Kier molecular flexibility index (Phi) is 5.49. The molecule has 0 aromatic heterocycles. The molecule has 0 saturated carbocycles. The van der Waals surface area contributed by atoms with Crippen molar-refractivity contribution < 1.29 is 21.9 Å². The minimum atomic E-state index is -4.00. The fraction of sp³-hybridized carbons (Fsp3) is 0.571. The van der Waals surface area contributed by atoms with Crippen LogP contribution in [0.5, 0.6) is 0 Å². The maximum atomic E-state index is 13.7. The average Bonchev–Trinajstić information content (AvgIpc) is 2.44. The summed E-state index contributed by atoms with van der Waals surface area (Å²) in [6, 6.07) is 1.81. The lowest BCUT2D eigenvalue weighted by molar-refractivity contribution is 0.000988. The lowest BCUT2D eigenvalue weighted by Crippen LogP contribution is -2.46. The first-order chi connectivity index (χ1) is 10.3. The first kappa shape index (κ1) is 17.3. The van der Waals surface area contributed by atoms with E-state index in [4.69, 9.17) is 4.74 Å². The molecule has 1 heterocycles. The molecule has 1 N–H and O–H groups in total. The molecule has 1 aromatic rings. The van der Waals surface area contributed by atoms with Gasteiger partial charge >= 0.3 is 0 Å². The van der Waals surface area contributed by atoms with Crippen LogP contribution < -0.4 is 4.72 Å². The van der Waals surface area contributed by atoms with Crippen LogP contribution in [0.15, 0.2) is 17.0 Å². The number of halogens is 2. The predicted molar refractivity (Wildman–Crippen MR) is 78.1 cm³/mol. The third kappa shape index (κ3) is 4.01. The quantitative estimate of drug-likeness (QED) is 0.881. The summed E-state index contributed by atoms with van der Waals surface area (Å²) in [5, 5.41) is 0. The molecule has 0 amide bonds. The first-order valence-corrected chi connectivity index (χ1v) is 8.56. The van der Waals surface area contributed by atoms with Crippen LogP contribution in [0.4, 0.5) is 8.78 Å². The van der Waals surface area contributed by atoms with E-state index in [1.807, 2.05) is 6.92 Å². The van der Waals surface area contributed by atoms with Crippen molar-refractivity contribution >= 4 is 10.0 Å². The molecule has 1 fully saturated rings. The number of aryl methyl sites for hydroxylation is 1. The van der Waals surface area contributed by atoms with Crippen LogP contribution in [0.1, 0.15) is 12.5 Å². The second-order valence-electron chi connectivity index (χ2n) is 5.39. The van der Waals surface area contributed by atoms with Gasteiger partial charge in [0.25, 0.3) is 0 Å². The molecule has 5 nitrogen and oxygen atoms in total. The summed E-state index contributed by atoms with van der Waals surface area (Å²) in [5.41, 5.74) is 0.0866. The van der Waals surface area contributed by atoms with Crippen LogP contribution >= 0.6 is 0 Å². The van der Waals surface area contributed by atoms with E-state index in [2.05, 4.69) is 9.62 Å². The van der Waals surface area contributed by atoms with Crippen molar-refractivity contribution in [2.24, 2.45) is 0 Å². The Morgan fingerprint density at radius 2 is 2.09 bits per heavy atom. The van der Waals surface area contributed by atoms with Crippen molar-refractivity contribution in [1.82, 2.24) is 9.62 Å². The van der Waals surface area contributed by atoms with Crippen molar-refractivity contribution in [3.8, 4) is 0 Å². The summed E-state index contributed by atoms with van der Waals surface area (Å²) in [4.78, 5) is 1.57. The SMILES string of the molecule is Cc1cc(S(=O)(=O)NCCN2CCOCC2C)c(F)cc1F. The molecule has 1 aliphatic rings. The monoisotopic (exact) mass is 334 g/mol. The summed E-state index contributed by atoms with van der Waals surface area (Å²) in [5.74, 6) is -1.85. The van der Waals surface area contributed by atoms with E-state index in [1.165, 1.54) is 6.92 Å². The molecule has 1 aliphatic heterocycles. The number of benzene rings is 1. The van der Waals surface area contributed by atoms with Crippen LogP contribution in [0.2, 0.25) is 0 Å². The summed E-state index contributed by atoms with van der Waals surface area (Å²) >= 11 is 0. The number of ether oxygens (including phenoxy) is 1. The number of nitrogens with zero attached hydrogens (tertiary/aromatic N) is 1. The smallest absolute Gasteiger partial charge is 0.243 e. The van der Waals surface area contributed by atoms with E-state index < -0.39 is 26.6 Å². The lowest BCUT2D eigenvalue weighted by Gasteiger charge is -2.33. The first-order valence-electron chi connectivity index (χ1n) is 7.08. The number of rotatable bonds is 5. The van der Waals surface area contributed by atoms with Gasteiger partial charge in [0.1, 0.15) is 16.5 Å². The Morgan fingerprint density at radius 3 is 2.77 bits per heavy atom. The van der Waals surface area contributed by atoms with Crippen LogP contribution in [0.3, 0.4) is 0 Å². The van der Waals surface area contributed by atoms with Crippen molar-refractivity contribution in [3.63, 3.8) is 0 Å². The molecule has 2 rings (SSSR count). The highest BCUT2D eigenvalue weighted by Gasteiger charge is 2.22. The highest BCUT2D eigenvalue weighted by molar-refractivity contribution is 7.89. The molecule has 1 atom stereocenters. The number of hydrogen-bond acceptors (Lipinski definition) is 4. The number of sulfonamides is 1. The van der Waals surface area contributed by atoms with Crippen LogP contribution in [-0.4, -0.2) is 52.2 Å². The van der Waals surface area contributed by atoms with E-state index in [1.54, 1.807) is 0 Å². The highest BCUT2D eigenvalue weighted by Crippen LogP contribution is 2.18. The summed E-state index contributed by atoms with van der Waals surface area (Å²) in [6.45, 7) is 6.00. The fourth-order valence-electron chi connectivity index (χ4n) is 2.33. The highest BCUT2D eigenvalue weighted by atomic mass is 32.2. The zero-order valence-corrected chi connectivity index (χ0v) is 13.4. The van der Waals surface area contributed by atoms with Gasteiger partial charge in [0, 0.05) is 31.7 Å². The zero-order chi connectivity index (χ0) is 16.3. The van der Waals surface area contributed by atoms with E-state index >= 15 is 0 Å². The Hall–Kier alpha value is -1.09. The molecule has 124 valence electrons. The van der Waals surface area contributed by atoms with Gasteiger partial charge in [0.05, 0.1) is 13.2 Å². The maximum absolute atomic E-state index is 13.7. The van der Waals surface area contributed by atoms with Crippen LogP contribution in [-0.2, 0) is 14.8 Å². The molecule has 0 bridgehead atoms. The Balaban J connectivity index is 2.01. The minimum absolute atomic E-state index is 0.0866. The van der Waals surface area contributed by atoms with Crippen LogP contribution in [0, 0.1) is 18.6 Å². The summed E-state index contributed by atoms with van der Waals surface area (Å²) < 4.78 is 58.8. The third-order valence-corrected chi connectivity index (χ3v) is 5.18. The van der Waals surface area contributed by atoms with Crippen molar-refractivity contribution in [1.29, 1.82) is 0 Å². The van der Waals surface area contributed by atoms with Crippen molar-refractivity contribution in [2.75, 3.05) is 32.8 Å². The second-order valence-corrected chi connectivity index (χ2v) is 7.12. The summed E-state index contributed by atoms with van der Waals surface area (Å²) in [7, 11) is -4.00. The summed E-state index contributed by atoms with van der Waals surface area (Å²) in [6.07, 6.45) is 0. The molecule has 1 saturated heterocycles. The molecule has 1 aromatic carbocycles.